The Hall–Kier alpha value is -0.570. The van der Waals surface area contributed by atoms with Crippen molar-refractivity contribution in [2.75, 3.05) is 0 Å². The monoisotopic (exact) mass is 240 g/mol. The molecule has 0 radical (unpaired) electrons. The quantitative estimate of drug-likeness (QED) is 0.797. The number of hydrogen-bond donors (Lipinski definition) is 2. The largest absolute Gasteiger partial charge is 0.481 e. The first-order valence-corrected chi connectivity index (χ1v) is 7.02. The fourth-order valence-electron chi connectivity index (χ4n) is 3.71. The van der Waals surface area contributed by atoms with Gasteiger partial charge in [0.05, 0.1) is 11.0 Å². The maximum absolute atomic E-state index is 11.6. The van der Waals surface area contributed by atoms with Gasteiger partial charge in [-0.1, -0.05) is 38.5 Å². The molecule has 0 aromatic rings. The van der Waals surface area contributed by atoms with Crippen molar-refractivity contribution in [2.24, 2.45) is 5.41 Å². The molecule has 0 aromatic carbocycles. The Balaban J connectivity index is 2.08. The van der Waals surface area contributed by atoms with E-state index in [4.69, 9.17) is 0 Å². The molecule has 3 nitrogen and oxygen atoms in total. The van der Waals surface area contributed by atoms with E-state index in [1.807, 2.05) is 0 Å². The highest BCUT2D eigenvalue weighted by molar-refractivity contribution is 5.74. The minimum atomic E-state index is -0.700. The molecule has 2 aliphatic rings. The smallest absolute Gasteiger partial charge is 0.309 e. The Morgan fingerprint density at radius 3 is 1.82 bits per heavy atom. The van der Waals surface area contributed by atoms with Gasteiger partial charge in [0.1, 0.15) is 0 Å². The highest BCUT2D eigenvalue weighted by atomic mass is 16.4. The number of carbonyl (C=O) groups is 1. The molecule has 2 fully saturated rings. The maximum atomic E-state index is 11.6. The summed E-state index contributed by atoms with van der Waals surface area (Å²) in [5.74, 6) is -0.684. The third-order valence-electron chi connectivity index (χ3n) is 4.72. The number of aliphatic carboxylic acids is 1. The Labute approximate surface area is 103 Å². The third kappa shape index (κ3) is 2.82. The average molecular weight is 240 g/mol. The fourth-order valence-corrected chi connectivity index (χ4v) is 3.71. The van der Waals surface area contributed by atoms with E-state index in [0.717, 1.165) is 57.8 Å². The zero-order valence-corrected chi connectivity index (χ0v) is 10.6. The van der Waals surface area contributed by atoms with Gasteiger partial charge in [0.15, 0.2) is 0 Å². The van der Waals surface area contributed by atoms with Crippen LogP contribution in [0.15, 0.2) is 0 Å². The van der Waals surface area contributed by atoms with Crippen molar-refractivity contribution < 1.29 is 15.0 Å². The summed E-state index contributed by atoms with van der Waals surface area (Å²) in [5, 5.41) is 20.1. The molecule has 0 aliphatic heterocycles. The van der Waals surface area contributed by atoms with Crippen molar-refractivity contribution in [1.82, 2.24) is 0 Å². The molecule has 0 atom stereocenters. The molecule has 0 unspecified atom stereocenters. The molecule has 0 spiro atoms. The Morgan fingerprint density at radius 2 is 1.35 bits per heavy atom. The number of rotatable bonds is 3. The predicted molar refractivity (Wildman–Crippen MR) is 65.8 cm³/mol. The van der Waals surface area contributed by atoms with Crippen LogP contribution in [0.1, 0.15) is 70.6 Å². The number of hydrogen-bond acceptors (Lipinski definition) is 2. The zero-order valence-electron chi connectivity index (χ0n) is 10.6. The Morgan fingerprint density at radius 1 is 0.882 bits per heavy atom. The normalized spacial score (nSPS) is 27.6. The van der Waals surface area contributed by atoms with Crippen LogP contribution in [0.3, 0.4) is 0 Å². The second-order valence-electron chi connectivity index (χ2n) is 6.11. The van der Waals surface area contributed by atoms with Crippen molar-refractivity contribution in [3.8, 4) is 0 Å². The highest BCUT2D eigenvalue weighted by Crippen LogP contribution is 2.46. The molecule has 0 saturated heterocycles. The predicted octanol–water partition coefficient (Wildman–Crippen LogP) is 3.11. The molecule has 2 N–H and O–H groups in total. The minimum absolute atomic E-state index is 0.481. The van der Waals surface area contributed by atoms with Gasteiger partial charge >= 0.3 is 5.97 Å². The molecule has 0 amide bonds. The van der Waals surface area contributed by atoms with E-state index >= 15 is 0 Å². The Bertz CT molecular complexity index is 273. The van der Waals surface area contributed by atoms with Crippen LogP contribution in [0.5, 0.6) is 0 Å². The van der Waals surface area contributed by atoms with Crippen molar-refractivity contribution >= 4 is 5.97 Å². The maximum Gasteiger partial charge on any atom is 0.309 e. The summed E-state index contributed by atoms with van der Waals surface area (Å²) < 4.78 is 0. The summed E-state index contributed by atoms with van der Waals surface area (Å²) in [6.45, 7) is 0. The molecule has 98 valence electrons. The van der Waals surface area contributed by atoms with Crippen LogP contribution in [0.4, 0.5) is 0 Å². The van der Waals surface area contributed by atoms with Gasteiger partial charge in [0, 0.05) is 0 Å². The van der Waals surface area contributed by atoms with Crippen molar-refractivity contribution in [3.63, 3.8) is 0 Å². The van der Waals surface area contributed by atoms with Crippen LogP contribution in [0, 0.1) is 5.41 Å². The van der Waals surface area contributed by atoms with Gasteiger partial charge < -0.3 is 10.2 Å². The lowest BCUT2D eigenvalue weighted by atomic mass is 9.65. The van der Waals surface area contributed by atoms with Gasteiger partial charge in [-0.2, -0.15) is 0 Å². The molecule has 17 heavy (non-hydrogen) atoms. The first kappa shape index (κ1) is 12.9. The summed E-state index contributed by atoms with van der Waals surface area (Å²) >= 11 is 0. The summed E-state index contributed by atoms with van der Waals surface area (Å²) in [6, 6.07) is 0. The first-order chi connectivity index (χ1) is 8.06. The lowest BCUT2D eigenvalue weighted by molar-refractivity contribution is -0.157. The van der Waals surface area contributed by atoms with Gasteiger partial charge in [0.25, 0.3) is 0 Å². The first-order valence-electron chi connectivity index (χ1n) is 7.02. The molecule has 0 heterocycles. The van der Waals surface area contributed by atoms with Crippen molar-refractivity contribution in [3.05, 3.63) is 0 Å². The highest BCUT2D eigenvalue weighted by Gasteiger charge is 2.46. The van der Waals surface area contributed by atoms with Gasteiger partial charge in [-0.25, -0.2) is 0 Å². The van der Waals surface area contributed by atoms with Crippen molar-refractivity contribution in [1.29, 1.82) is 0 Å². The third-order valence-corrected chi connectivity index (χ3v) is 4.72. The van der Waals surface area contributed by atoms with Gasteiger partial charge in [-0.3, -0.25) is 4.79 Å². The van der Waals surface area contributed by atoms with E-state index in [2.05, 4.69) is 0 Å². The van der Waals surface area contributed by atoms with Crippen LogP contribution < -0.4 is 0 Å². The van der Waals surface area contributed by atoms with Crippen LogP contribution >= 0.6 is 0 Å². The van der Waals surface area contributed by atoms with Crippen LogP contribution in [0.25, 0.3) is 0 Å². The second kappa shape index (κ2) is 4.97. The van der Waals surface area contributed by atoms with E-state index < -0.39 is 17.0 Å². The number of carboxylic acid groups (broad SMARTS) is 1. The fraction of sp³-hybridized carbons (Fsp3) is 0.929. The summed E-state index contributed by atoms with van der Waals surface area (Å²) in [6.07, 6.45) is 10.0. The lowest BCUT2D eigenvalue weighted by Gasteiger charge is -2.42. The Kier molecular flexibility index (Phi) is 3.76. The molecule has 2 aliphatic carbocycles. The topological polar surface area (TPSA) is 57.5 Å². The molecule has 3 heteroatoms. The summed E-state index contributed by atoms with van der Waals surface area (Å²) in [5.41, 5.74) is -1.33. The average Bonchev–Trinajstić information content (AvgIpc) is 2.30. The molecular formula is C14H24O3. The van der Waals surface area contributed by atoms with Crippen LogP contribution in [0.2, 0.25) is 0 Å². The van der Waals surface area contributed by atoms with Crippen LogP contribution in [-0.2, 0) is 4.79 Å². The van der Waals surface area contributed by atoms with E-state index in [-0.39, 0.29) is 0 Å². The number of aliphatic hydroxyl groups is 1. The van der Waals surface area contributed by atoms with E-state index in [0.29, 0.717) is 6.42 Å². The minimum Gasteiger partial charge on any atom is -0.481 e. The van der Waals surface area contributed by atoms with Gasteiger partial charge in [-0.15, -0.1) is 0 Å². The van der Waals surface area contributed by atoms with E-state index in [1.165, 1.54) is 6.42 Å². The zero-order chi connectivity index (χ0) is 12.4. The molecular weight excluding hydrogens is 216 g/mol. The molecule has 0 bridgehead atoms. The summed E-state index contributed by atoms with van der Waals surface area (Å²) in [4.78, 5) is 11.6. The number of carboxylic acids is 1. The van der Waals surface area contributed by atoms with Gasteiger partial charge in [0.2, 0.25) is 0 Å². The van der Waals surface area contributed by atoms with E-state index in [1.54, 1.807) is 0 Å². The molecule has 2 rings (SSSR count). The lowest BCUT2D eigenvalue weighted by Crippen LogP contribution is -2.43. The van der Waals surface area contributed by atoms with Crippen LogP contribution in [-0.4, -0.2) is 21.8 Å². The molecule has 2 saturated carbocycles. The van der Waals surface area contributed by atoms with Crippen molar-refractivity contribution in [2.45, 2.75) is 76.2 Å². The van der Waals surface area contributed by atoms with Gasteiger partial charge in [-0.05, 0) is 32.1 Å². The summed E-state index contributed by atoms with van der Waals surface area (Å²) in [7, 11) is 0. The second-order valence-corrected chi connectivity index (χ2v) is 6.11. The SMILES string of the molecule is O=C(O)C1(CC2(O)CCCCC2)CCCCC1. The molecule has 0 aromatic heterocycles. The van der Waals surface area contributed by atoms with E-state index in [9.17, 15) is 15.0 Å². The standard InChI is InChI=1S/C14H24O3/c15-12(16)13(7-3-1-4-8-13)11-14(17)9-5-2-6-10-14/h17H,1-11H2,(H,15,16).